The van der Waals surface area contributed by atoms with Crippen LogP contribution in [0.1, 0.15) is 74.5 Å². The number of hydrogen-bond acceptors (Lipinski definition) is 5. The number of ether oxygens (including phenoxy) is 1. The number of fused-ring (bicyclic) bond motifs is 1. The number of hydrogen-bond donors (Lipinski definition) is 2. The van der Waals surface area contributed by atoms with Crippen molar-refractivity contribution < 1.29 is 24.5 Å². The van der Waals surface area contributed by atoms with Crippen molar-refractivity contribution in [2.45, 2.75) is 59.5 Å². The van der Waals surface area contributed by atoms with Crippen LogP contribution in [0.25, 0.3) is 5.57 Å². The minimum atomic E-state index is -0.545. The number of rotatable bonds is 4. The average Bonchev–Trinajstić information content (AvgIpc) is 2.83. The van der Waals surface area contributed by atoms with E-state index in [1.807, 2.05) is 58.9 Å². The van der Waals surface area contributed by atoms with Crippen LogP contribution in [0.5, 0.6) is 11.5 Å². The Hall–Kier alpha value is -3.48. The van der Waals surface area contributed by atoms with E-state index in [1.54, 1.807) is 15.9 Å². The van der Waals surface area contributed by atoms with Gasteiger partial charge < -0.3 is 24.7 Å². The molecule has 2 aromatic carbocycles. The van der Waals surface area contributed by atoms with Gasteiger partial charge in [-0.15, -0.1) is 0 Å². The molecule has 7 nitrogen and oxygen atoms in total. The first-order valence-corrected chi connectivity index (χ1v) is 13.1. The van der Waals surface area contributed by atoms with Gasteiger partial charge in [0.05, 0.1) is 0 Å². The molecule has 0 unspecified atom stereocenters. The van der Waals surface area contributed by atoms with Crippen LogP contribution in [0.15, 0.2) is 42.5 Å². The summed E-state index contributed by atoms with van der Waals surface area (Å²) >= 11 is 0. The lowest BCUT2D eigenvalue weighted by atomic mass is 9.67. The largest absolute Gasteiger partial charge is 0.508 e. The molecule has 1 aliphatic heterocycles. The van der Waals surface area contributed by atoms with Gasteiger partial charge in [-0.3, -0.25) is 4.79 Å². The molecule has 0 radical (unpaired) electrons. The van der Waals surface area contributed by atoms with Gasteiger partial charge in [-0.05, 0) is 94.2 Å². The number of piperidine rings is 1. The maximum Gasteiger partial charge on any atom is 0.410 e. The molecule has 2 amide bonds. The topological polar surface area (TPSA) is 90.3 Å². The van der Waals surface area contributed by atoms with Gasteiger partial charge in [0.15, 0.2) is 0 Å². The van der Waals surface area contributed by atoms with Crippen molar-refractivity contribution in [1.82, 2.24) is 9.80 Å². The van der Waals surface area contributed by atoms with Gasteiger partial charge in [-0.2, -0.15) is 0 Å². The Kier molecular flexibility index (Phi) is 7.27. The van der Waals surface area contributed by atoms with Gasteiger partial charge >= 0.3 is 6.09 Å². The van der Waals surface area contributed by atoms with Crippen molar-refractivity contribution in [2.75, 3.05) is 26.2 Å². The molecule has 1 aliphatic carbocycles. The van der Waals surface area contributed by atoms with Crippen molar-refractivity contribution in [3.63, 3.8) is 0 Å². The van der Waals surface area contributed by atoms with Crippen LogP contribution in [0, 0.1) is 5.41 Å². The molecule has 1 saturated heterocycles. The number of phenolic OH excluding ortho intramolecular Hbond substituents is 2. The zero-order valence-electron chi connectivity index (χ0n) is 22.5. The molecule has 2 N–H and O–H groups in total. The van der Waals surface area contributed by atoms with E-state index >= 15 is 0 Å². The molecule has 2 aromatic rings. The fourth-order valence-corrected chi connectivity index (χ4v) is 5.42. The first kappa shape index (κ1) is 26.6. The summed E-state index contributed by atoms with van der Waals surface area (Å²) in [7, 11) is 0. The van der Waals surface area contributed by atoms with Crippen molar-refractivity contribution in [3.8, 4) is 11.5 Å². The van der Waals surface area contributed by atoms with Crippen molar-refractivity contribution >= 4 is 17.6 Å². The van der Waals surface area contributed by atoms with E-state index in [-0.39, 0.29) is 28.9 Å². The third-order valence-electron chi connectivity index (χ3n) is 7.35. The summed E-state index contributed by atoms with van der Waals surface area (Å²) in [5.74, 6) is 0.0536. The Labute approximate surface area is 219 Å². The SMILES string of the molecule is CCN(CC)C(=O)c1ccc(C2=CC3(CCN(C(=O)OC(C)(C)C)CC3)Cc3cc(O)cc(O)c32)cc1. The number of amides is 2. The Balaban J connectivity index is 1.67. The lowest BCUT2D eigenvalue weighted by Crippen LogP contribution is -2.46. The number of benzene rings is 2. The zero-order valence-corrected chi connectivity index (χ0v) is 22.5. The van der Waals surface area contributed by atoms with E-state index in [0.717, 1.165) is 29.5 Å². The predicted octanol–water partition coefficient (Wildman–Crippen LogP) is 5.58. The fourth-order valence-electron chi connectivity index (χ4n) is 5.42. The Bertz CT molecular complexity index is 1200. The molecule has 2 aliphatic rings. The summed E-state index contributed by atoms with van der Waals surface area (Å²) < 4.78 is 5.57. The second-order valence-corrected chi connectivity index (χ2v) is 11.1. The molecule has 4 rings (SSSR count). The summed E-state index contributed by atoms with van der Waals surface area (Å²) in [5.41, 5.74) is 3.22. The molecule has 1 spiro atoms. The van der Waals surface area contributed by atoms with Crippen LogP contribution in [0.2, 0.25) is 0 Å². The Morgan fingerprint density at radius 2 is 1.65 bits per heavy atom. The molecule has 0 saturated carbocycles. The second-order valence-electron chi connectivity index (χ2n) is 11.1. The minimum Gasteiger partial charge on any atom is -0.508 e. The number of allylic oxidation sites excluding steroid dienone is 1. The van der Waals surface area contributed by atoms with Gasteiger partial charge in [0.25, 0.3) is 5.91 Å². The monoisotopic (exact) mass is 506 g/mol. The molecular formula is C30H38N2O5. The lowest BCUT2D eigenvalue weighted by molar-refractivity contribution is 0.0143. The Morgan fingerprint density at radius 3 is 2.22 bits per heavy atom. The molecule has 7 heteroatoms. The first-order chi connectivity index (χ1) is 17.4. The van der Waals surface area contributed by atoms with Gasteiger partial charge in [0.2, 0.25) is 0 Å². The number of nitrogens with zero attached hydrogens (tertiary/aromatic N) is 2. The van der Waals surface area contributed by atoms with Crippen LogP contribution >= 0.6 is 0 Å². The summed E-state index contributed by atoms with van der Waals surface area (Å²) in [6.07, 6.45) is 4.06. The smallest absolute Gasteiger partial charge is 0.410 e. The number of phenols is 2. The van der Waals surface area contributed by atoms with Crippen LogP contribution in [-0.2, 0) is 11.2 Å². The number of carbonyl (C=O) groups is 2. The molecule has 0 atom stereocenters. The quantitative estimate of drug-likeness (QED) is 0.565. The Morgan fingerprint density at radius 1 is 1.03 bits per heavy atom. The molecular weight excluding hydrogens is 468 g/mol. The maximum atomic E-state index is 12.8. The standard InChI is InChI=1S/C30H38N2O5/c1-6-31(7-2)27(35)21-10-8-20(9-11-21)24-19-30(18-22-16-23(33)17-25(34)26(22)24)12-14-32(15-13-30)28(36)37-29(3,4)5/h8-11,16-17,19,33-34H,6-7,12-15,18H2,1-5H3. The third kappa shape index (κ3) is 5.60. The van der Waals surface area contributed by atoms with Crippen LogP contribution in [0.3, 0.4) is 0 Å². The maximum absolute atomic E-state index is 12.8. The van der Waals surface area contributed by atoms with Crippen molar-refractivity contribution in [3.05, 3.63) is 64.7 Å². The summed E-state index contributed by atoms with van der Waals surface area (Å²) in [6.45, 7) is 11.9. The van der Waals surface area contributed by atoms with E-state index in [4.69, 9.17) is 4.74 Å². The highest BCUT2D eigenvalue weighted by Crippen LogP contribution is 2.49. The van der Waals surface area contributed by atoms with Crippen molar-refractivity contribution in [1.29, 1.82) is 0 Å². The average molecular weight is 507 g/mol. The molecule has 1 fully saturated rings. The fraction of sp³-hybridized carbons (Fsp3) is 0.467. The van der Waals surface area contributed by atoms with Gasteiger partial charge in [-0.1, -0.05) is 18.2 Å². The normalized spacial score (nSPS) is 16.7. The second kappa shape index (κ2) is 10.1. The zero-order chi connectivity index (χ0) is 27.0. The van der Waals surface area contributed by atoms with E-state index < -0.39 is 5.60 Å². The van der Waals surface area contributed by atoms with Crippen LogP contribution in [-0.4, -0.2) is 63.8 Å². The van der Waals surface area contributed by atoms with E-state index in [1.165, 1.54) is 6.07 Å². The molecule has 0 aromatic heterocycles. The van der Waals surface area contributed by atoms with E-state index in [0.29, 0.717) is 43.7 Å². The molecule has 1 heterocycles. The van der Waals surface area contributed by atoms with Crippen LogP contribution < -0.4 is 0 Å². The molecule has 198 valence electrons. The highest BCUT2D eigenvalue weighted by Gasteiger charge is 2.40. The first-order valence-electron chi connectivity index (χ1n) is 13.1. The van der Waals surface area contributed by atoms with Crippen LogP contribution in [0.4, 0.5) is 4.79 Å². The van der Waals surface area contributed by atoms with E-state index in [2.05, 4.69) is 6.08 Å². The summed E-state index contributed by atoms with van der Waals surface area (Å²) in [4.78, 5) is 29.0. The predicted molar refractivity (Wildman–Crippen MR) is 144 cm³/mol. The summed E-state index contributed by atoms with van der Waals surface area (Å²) in [5, 5.41) is 21.1. The number of aromatic hydroxyl groups is 2. The molecule has 37 heavy (non-hydrogen) atoms. The molecule has 0 bridgehead atoms. The van der Waals surface area contributed by atoms with E-state index in [9.17, 15) is 19.8 Å². The highest BCUT2D eigenvalue weighted by atomic mass is 16.6. The summed E-state index contributed by atoms with van der Waals surface area (Å²) in [6, 6.07) is 10.6. The number of carbonyl (C=O) groups excluding carboxylic acids is 2. The van der Waals surface area contributed by atoms with Gasteiger partial charge in [-0.25, -0.2) is 4.79 Å². The lowest BCUT2D eigenvalue weighted by Gasteiger charge is -2.43. The van der Waals surface area contributed by atoms with Crippen molar-refractivity contribution in [2.24, 2.45) is 5.41 Å². The number of likely N-dealkylation sites (tertiary alicyclic amines) is 1. The van der Waals surface area contributed by atoms with Gasteiger partial charge in [0.1, 0.15) is 17.1 Å². The van der Waals surface area contributed by atoms with Gasteiger partial charge in [0, 0.05) is 43.4 Å². The highest BCUT2D eigenvalue weighted by molar-refractivity contribution is 5.95. The minimum absolute atomic E-state index is 0.00618. The third-order valence-corrected chi connectivity index (χ3v) is 7.35.